The van der Waals surface area contributed by atoms with E-state index in [1.807, 2.05) is 36.5 Å². The molecule has 1 aromatic heterocycles. The molecule has 0 aliphatic heterocycles. The van der Waals surface area contributed by atoms with Gasteiger partial charge in [0.05, 0.1) is 5.69 Å². The molecule has 1 aromatic carbocycles. The number of anilines is 1. The molecule has 1 N–H and O–H groups in total. The molecule has 1 unspecified atom stereocenters. The first-order valence-corrected chi connectivity index (χ1v) is 6.21. The van der Waals surface area contributed by atoms with E-state index in [0.29, 0.717) is 5.88 Å². The number of carbonyl (C=O) groups excluding carboxylic acids is 1. The highest BCUT2D eigenvalue weighted by atomic mass is 35.5. The number of aromatic nitrogens is 2. The molecule has 1 amide bonds. The summed E-state index contributed by atoms with van der Waals surface area (Å²) in [5, 5.41) is 6.97. The lowest BCUT2D eigenvalue weighted by molar-refractivity contribution is -0.118. The Balaban J connectivity index is 2.16. The fourth-order valence-corrected chi connectivity index (χ4v) is 1.62. The molecule has 1 heterocycles. The summed E-state index contributed by atoms with van der Waals surface area (Å²) >= 11 is 5.65. The van der Waals surface area contributed by atoms with E-state index in [4.69, 9.17) is 11.6 Å². The summed E-state index contributed by atoms with van der Waals surface area (Å²) in [7, 11) is 0. The van der Waals surface area contributed by atoms with Gasteiger partial charge in [0.15, 0.2) is 0 Å². The lowest BCUT2D eigenvalue weighted by Gasteiger charge is -2.10. The molecule has 18 heavy (non-hydrogen) atoms. The molecule has 2 rings (SSSR count). The number of amides is 1. The highest BCUT2D eigenvalue weighted by Gasteiger charge is 2.11. The van der Waals surface area contributed by atoms with Crippen molar-refractivity contribution in [2.75, 3.05) is 11.2 Å². The Labute approximate surface area is 111 Å². The number of benzene rings is 1. The van der Waals surface area contributed by atoms with Gasteiger partial charge in [0.1, 0.15) is 0 Å². The Morgan fingerprint density at radius 2 is 2.33 bits per heavy atom. The van der Waals surface area contributed by atoms with E-state index >= 15 is 0 Å². The molecule has 5 heteroatoms. The van der Waals surface area contributed by atoms with Crippen LogP contribution in [0.15, 0.2) is 42.7 Å². The van der Waals surface area contributed by atoms with Crippen molar-refractivity contribution in [1.82, 2.24) is 9.78 Å². The summed E-state index contributed by atoms with van der Waals surface area (Å²) in [5.41, 5.74) is 1.64. The van der Waals surface area contributed by atoms with Gasteiger partial charge in [0.2, 0.25) is 5.91 Å². The van der Waals surface area contributed by atoms with Crippen molar-refractivity contribution in [1.29, 1.82) is 0 Å². The van der Waals surface area contributed by atoms with Crippen LogP contribution in [0.25, 0.3) is 5.69 Å². The average molecular weight is 264 g/mol. The van der Waals surface area contributed by atoms with Crippen LogP contribution in [-0.2, 0) is 4.79 Å². The maximum absolute atomic E-state index is 11.7. The zero-order chi connectivity index (χ0) is 13.0. The second-order valence-corrected chi connectivity index (χ2v) is 4.35. The van der Waals surface area contributed by atoms with Gasteiger partial charge in [-0.25, -0.2) is 4.68 Å². The fourth-order valence-electron chi connectivity index (χ4n) is 1.48. The van der Waals surface area contributed by atoms with Gasteiger partial charge in [-0.05, 0) is 24.3 Å². The van der Waals surface area contributed by atoms with Crippen LogP contribution in [0, 0.1) is 5.92 Å². The number of nitrogens with one attached hydrogen (secondary N) is 1. The van der Waals surface area contributed by atoms with E-state index in [-0.39, 0.29) is 11.8 Å². The van der Waals surface area contributed by atoms with E-state index in [1.54, 1.807) is 17.8 Å². The molecule has 0 saturated carbocycles. The van der Waals surface area contributed by atoms with Crippen molar-refractivity contribution in [2.24, 2.45) is 5.92 Å². The number of halogens is 1. The van der Waals surface area contributed by atoms with Crippen LogP contribution in [0.1, 0.15) is 6.92 Å². The summed E-state index contributed by atoms with van der Waals surface area (Å²) in [6, 6.07) is 9.35. The van der Waals surface area contributed by atoms with Crippen molar-refractivity contribution in [3.05, 3.63) is 42.7 Å². The maximum atomic E-state index is 11.7. The summed E-state index contributed by atoms with van der Waals surface area (Å²) in [4.78, 5) is 11.7. The highest BCUT2D eigenvalue weighted by Crippen LogP contribution is 2.15. The zero-order valence-electron chi connectivity index (χ0n) is 10.0. The Hall–Kier alpha value is -1.81. The molecule has 0 spiro atoms. The van der Waals surface area contributed by atoms with Crippen LogP contribution in [-0.4, -0.2) is 21.6 Å². The molecule has 0 aliphatic carbocycles. The molecule has 0 radical (unpaired) electrons. The van der Waals surface area contributed by atoms with E-state index in [0.717, 1.165) is 11.4 Å². The third-order valence-electron chi connectivity index (χ3n) is 2.56. The molecular formula is C13H14ClN3O. The van der Waals surface area contributed by atoms with Gasteiger partial charge in [0.25, 0.3) is 0 Å². The molecule has 1 atom stereocenters. The van der Waals surface area contributed by atoms with Gasteiger partial charge in [-0.3, -0.25) is 4.79 Å². The first-order valence-electron chi connectivity index (χ1n) is 5.67. The Morgan fingerprint density at radius 1 is 1.50 bits per heavy atom. The normalized spacial score (nSPS) is 12.1. The van der Waals surface area contributed by atoms with Crippen molar-refractivity contribution >= 4 is 23.2 Å². The Morgan fingerprint density at radius 3 is 3.00 bits per heavy atom. The van der Waals surface area contributed by atoms with Crippen LogP contribution in [0.5, 0.6) is 0 Å². The minimum Gasteiger partial charge on any atom is -0.326 e. The Kier molecular flexibility index (Phi) is 3.99. The number of carbonyl (C=O) groups is 1. The monoisotopic (exact) mass is 263 g/mol. The van der Waals surface area contributed by atoms with Gasteiger partial charge in [-0.1, -0.05) is 13.0 Å². The zero-order valence-corrected chi connectivity index (χ0v) is 10.8. The average Bonchev–Trinajstić information content (AvgIpc) is 2.92. The first-order chi connectivity index (χ1) is 8.70. The largest absolute Gasteiger partial charge is 0.326 e. The van der Waals surface area contributed by atoms with E-state index in [1.165, 1.54) is 0 Å². The molecule has 4 nitrogen and oxygen atoms in total. The molecular weight excluding hydrogens is 250 g/mol. The molecule has 94 valence electrons. The van der Waals surface area contributed by atoms with E-state index in [2.05, 4.69) is 10.4 Å². The summed E-state index contributed by atoms with van der Waals surface area (Å²) in [5.74, 6) is 0.0210. The standard InChI is InChI=1S/C13H14ClN3O/c1-10(9-14)13(18)16-11-4-2-5-12(8-11)17-7-3-6-15-17/h2-8,10H,9H2,1H3,(H,16,18). The minimum atomic E-state index is -0.208. The molecule has 0 bridgehead atoms. The van der Waals surface area contributed by atoms with Crippen molar-refractivity contribution in [2.45, 2.75) is 6.92 Å². The van der Waals surface area contributed by atoms with Gasteiger partial charge < -0.3 is 5.32 Å². The van der Waals surface area contributed by atoms with Crippen LogP contribution in [0.4, 0.5) is 5.69 Å². The van der Waals surface area contributed by atoms with Crippen molar-refractivity contribution in [3.8, 4) is 5.69 Å². The van der Waals surface area contributed by atoms with Gasteiger partial charge in [0, 0.05) is 29.9 Å². The molecule has 2 aromatic rings. The highest BCUT2D eigenvalue weighted by molar-refractivity contribution is 6.19. The van der Waals surface area contributed by atoms with Gasteiger partial charge in [-0.15, -0.1) is 11.6 Å². The number of nitrogens with zero attached hydrogens (tertiary/aromatic N) is 2. The maximum Gasteiger partial charge on any atom is 0.228 e. The third kappa shape index (κ3) is 2.90. The van der Waals surface area contributed by atoms with Gasteiger partial charge in [-0.2, -0.15) is 5.10 Å². The summed E-state index contributed by atoms with van der Waals surface area (Å²) in [6.07, 6.45) is 3.56. The van der Waals surface area contributed by atoms with E-state index < -0.39 is 0 Å². The predicted octanol–water partition coefficient (Wildman–Crippen LogP) is 2.69. The SMILES string of the molecule is CC(CCl)C(=O)Nc1cccc(-n2cccn2)c1. The third-order valence-corrected chi connectivity index (χ3v) is 3.02. The summed E-state index contributed by atoms with van der Waals surface area (Å²) < 4.78 is 1.74. The van der Waals surface area contributed by atoms with Crippen LogP contribution in [0.3, 0.4) is 0 Å². The molecule has 0 fully saturated rings. The number of hydrogen-bond acceptors (Lipinski definition) is 2. The summed E-state index contributed by atoms with van der Waals surface area (Å²) in [6.45, 7) is 1.79. The second-order valence-electron chi connectivity index (χ2n) is 4.05. The van der Waals surface area contributed by atoms with Gasteiger partial charge >= 0.3 is 0 Å². The van der Waals surface area contributed by atoms with Crippen molar-refractivity contribution < 1.29 is 4.79 Å². The first kappa shape index (κ1) is 12.6. The lowest BCUT2D eigenvalue weighted by atomic mass is 10.2. The number of alkyl halides is 1. The second kappa shape index (κ2) is 5.69. The lowest BCUT2D eigenvalue weighted by Crippen LogP contribution is -2.21. The number of rotatable bonds is 4. The van der Waals surface area contributed by atoms with E-state index in [9.17, 15) is 4.79 Å². The van der Waals surface area contributed by atoms with Crippen LogP contribution < -0.4 is 5.32 Å². The van der Waals surface area contributed by atoms with Crippen LogP contribution >= 0.6 is 11.6 Å². The van der Waals surface area contributed by atoms with Crippen molar-refractivity contribution in [3.63, 3.8) is 0 Å². The van der Waals surface area contributed by atoms with Crippen LogP contribution in [0.2, 0.25) is 0 Å². The quantitative estimate of drug-likeness (QED) is 0.862. The predicted molar refractivity (Wildman–Crippen MR) is 72.1 cm³/mol. The molecule has 0 aliphatic rings. The topological polar surface area (TPSA) is 46.9 Å². The minimum absolute atomic E-state index is 0.0809. The fraction of sp³-hybridized carbons (Fsp3) is 0.231. The number of hydrogen-bond donors (Lipinski definition) is 1. The smallest absolute Gasteiger partial charge is 0.228 e. The molecule has 0 saturated heterocycles. The Bertz CT molecular complexity index is 525.